The molecular formula is C13H17N3O. The molecule has 4 heteroatoms. The second-order valence-corrected chi connectivity index (χ2v) is 4.52. The van der Waals surface area contributed by atoms with Crippen molar-refractivity contribution in [2.75, 3.05) is 0 Å². The molecule has 2 aromatic rings. The minimum absolute atomic E-state index is 0.0122. The van der Waals surface area contributed by atoms with Crippen LogP contribution in [-0.2, 0) is 4.79 Å². The summed E-state index contributed by atoms with van der Waals surface area (Å²) in [5.41, 5.74) is 1.92. The zero-order valence-electron chi connectivity index (χ0n) is 10.3. The number of carbonyl (C=O) groups excluding carboxylic acids is 1. The molecule has 0 saturated carbocycles. The van der Waals surface area contributed by atoms with Gasteiger partial charge in [0, 0.05) is 5.92 Å². The Balaban J connectivity index is 2.19. The quantitative estimate of drug-likeness (QED) is 0.852. The van der Waals surface area contributed by atoms with Gasteiger partial charge in [-0.25, -0.2) is 4.98 Å². The van der Waals surface area contributed by atoms with Gasteiger partial charge in [0.05, 0.1) is 17.1 Å². The van der Waals surface area contributed by atoms with Gasteiger partial charge in [-0.2, -0.15) is 0 Å². The number of H-pyrrole nitrogens is 1. The number of rotatable bonds is 3. The first kappa shape index (κ1) is 11.6. The molecule has 0 unspecified atom stereocenters. The van der Waals surface area contributed by atoms with Gasteiger partial charge in [-0.1, -0.05) is 26.0 Å². The molecule has 0 fully saturated rings. The van der Waals surface area contributed by atoms with Crippen molar-refractivity contribution in [3.05, 3.63) is 30.1 Å². The van der Waals surface area contributed by atoms with Gasteiger partial charge in [0.1, 0.15) is 5.82 Å². The number of hydrogen-bond donors (Lipinski definition) is 2. The van der Waals surface area contributed by atoms with Crippen molar-refractivity contribution in [2.45, 2.75) is 26.8 Å². The van der Waals surface area contributed by atoms with E-state index in [1.807, 2.05) is 45.0 Å². The maximum absolute atomic E-state index is 11.6. The summed E-state index contributed by atoms with van der Waals surface area (Å²) in [6.45, 7) is 5.68. The van der Waals surface area contributed by atoms with E-state index >= 15 is 0 Å². The number of amides is 1. The summed E-state index contributed by atoms with van der Waals surface area (Å²) in [7, 11) is 0. The van der Waals surface area contributed by atoms with Crippen LogP contribution in [0.15, 0.2) is 24.3 Å². The molecule has 0 aliphatic carbocycles. The van der Waals surface area contributed by atoms with Gasteiger partial charge in [0.25, 0.3) is 0 Å². The number of benzene rings is 1. The zero-order valence-corrected chi connectivity index (χ0v) is 10.3. The lowest BCUT2D eigenvalue weighted by molar-refractivity contribution is -0.124. The van der Waals surface area contributed by atoms with Crippen LogP contribution in [0.2, 0.25) is 0 Å². The van der Waals surface area contributed by atoms with Crippen LogP contribution in [0.3, 0.4) is 0 Å². The maximum Gasteiger partial charge on any atom is 0.223 e. The summed E-state index contributed by atoms with van der Waals surface area (Å²) in [5, 5.41) is 2.92. The van der Waals surface area contributed by atoms with Gasteiger partial charge in [0.15, 0.2) is 0 Å². The Bertz CT molecular complexity index is 497. The third-order valence-electron chi connectivity index (χ3n) is 2.70. The molecule has 0 saturated heterocycles. The molecule has 1 aromatic heterocycles. The van der Waals surface area contributed by atoms with Gasteiger partial charge < -0.3 is 10.3 Å². The number of aromatic amines is 1. The van der Waals surface area contributed by atoms with Crippen molar-refractivity contribution in [2.24, 2.45) is 5.92 Å². The molecule has 0 bridgehead atoms. The predicted octanol–water partition coefficient (Wildman–Crippen LogP) is 2.40. The number of para-hydroxylation sites is 2. The van der Waals surface area contributed by atoms with Crippen LogP contribution in [0.1, 0.15) is 32.6 Å². The Morgan fingerprint density at radius 3 is 2.65 bits per heavy atom. The van der Waals surface area contributed by atoms with Gasteiger partial charge in [0.2, 0.25) is 5.91 Å². The highest BCUT2D eigenvalue weighted by atomic mass is 16.1. The van der Waals surface area contributed by atoms with Crippen molar-refractivity contribution in [3.63, 3.8) is 0 Å². The van der Waals surface area contributed by atoms with Crippen LogP contribution < -0.4 is 5.32 Å². The molecule has 1 aromatic carbocycles. The van der Waals surface area contributed by atoms with Crippen LogP contribution >= 0.6 is 0 Å². The van der Waals surface area contributed by atoms with E-state index in [2.05, 4.69) is 15.3 Å². The number of nitrogens with one attached hydrogen (secondary N) is 2. The molecule has 0 aliphatic rings. The molecule has 2 N–H and O–H groups in total. The van der Waals surface area contributed by atoms with Crippen molar-refractivity contribution in [1.29, 1.82) is 0 Å². The normalized spacial score (nSPS) is 12.9. The van der Waals surface area contributed by atoms with E-state index in [0.29, 0.717) is 0 Å². The largest absolute Gasteiger partial charge is 0.346 e. The standard InChI is InChI=1S/C13H17N3O/c1-8(2)13(17)14-9(3)12-15-10-6-4-5-7-11(10)16-12/h4-9H,1-3H3,(H,14,17)(H,15,16)/t9-/m1/s1. The Hall–Kier alpha value is -1.84. The van der Waals surface area contributed by atoms with Crippen LogP contribution in [-0.4, -0.2) is 15.9 Å². The van der Waals surface area contributed by atoms with E-state index in [9.17, 15) is 4.79 Å². The van der Waals surface area contributed by atoms with E-state index in [1.54, 1.807) is 0 Å². The van der Waals surface area contributed by atoms with Crippen LogP contribution in [0.5, 0.6) is 0 Å². The summed E-state index contributed by atoms with van der Waals surface area (Å²) >= 11 is 0. The lowest BCUT2D eigenvalue weighted by Gasteiger charge is -2.13. The molecule has 1 heterocycles. The number of fused-ring (bicyclic) bond motifs is 1. The van der Waals surface area contributed by atoms with Crippen LogP contribution in [0.25, 0.3) is 11.0 Å². The second-order valence-electron chi connectivity index (χ2n) is 4.52. The fourth-order valence-electron chi connectivity index (χ4n) is 1.63. The van der Waals surface area contributed by atoms with Crippen molar-refractivity contribution < 1.29 is 4.79 Å². The topological polar surface area (TPSA) is 57.8 Å². The minimum atomic E-state index is -0.0997. The smallest absolute Gasteiger partial charge is 0.223 e. The Labute approximate surface area is 100 Å². The monoisotopic (exact) mass is 231 g/mol. The highest BCUT2D eigenvalue weighted by Crippen LogP contribution is 2.15. The van der Waals surface area contributed by atoms with Crippen molar-refractivity contribution >= 4 is 16.9 Å². The number of nitrogens with zero attached hydrogens (tertiary/aromatic N) is 1. The Kier molecular flexibility index (Phi) is 3.13. The number of hydrogen-bond acceptors (Lipinski definition) is 2. The van der Waals surface area contributed by atoms with Crippen molar-refractivity contribution in [1.82, 2.24) is 15.3 Å². The SMILES string of the molecule is CC(C)C(=O)N[C@H](C)c1nc2ccccc2[nH]1. The van der Waals surface area contributed by atoms with Crippen molar-refractivity contribution in [3.8, 4) is 0 Å². The number of carbonyl (C=O) groups is 1. The van der Waals surface area contributed by atoms with Crippen LogP contribution in [0, 0.1) is 5.92 Å². The average Bonchev–Trinajstić information content (AvgIpc) is 2.72. The number of imidazole rings is 1. The van der Waals surface area contributed by atoms with E-state index in [1.165, 1.54) is 0 Å². The molecule has 90 valence electrons. The third kappa shape index (κ3) is 2.46. The highest BCUT2D eigenvalue weighted by Gasteiger charge is 2.15. The molecule has 1 atom stereocenters. The number of aromatic nitrogens is 2. The molecule has 0 spiro atoms. The molecule has 4 nitrogen and oxygen atoms in total. The molecule has 1 amide bonds. The summed E-state index contributed by atoms with van der Waals surface area (Å²) < 4.78 is 0. The first-order valence-corrected chi connectivity index (χ1v) is 5.83. The Morgan fingerprint density at radius 2 is 2.00 bits per heavy atom. The van der Waals surface area contributed by atoms with E-state index in [4.69, 9.17) is 0 Å². The summed E-state index contributed by atoms with van der Waals surface area (Å²) in [5.74, 6) is 0.819. The lowest BCUT2D eigenvalue weighted by Crippen LogP contribution is -2.30. The van der Waals surface area contributed by atoms with E-state index in [-0.39, 0.29) is 17.9 Å². The fourth-order valence-corrected chi connectivity index (χ4v) is 1.63. The van der Waals surface area contributed by atoms with Gasteiger partial charge in [-0.15, -0.1) is 0 Å². The second kappa shape index (κ2) is 4.57. The average molecular weight is 231 g/mol. The summed E-state index contributed by atoms with van der Waals surface area (Å²) in [6.07, 6.45) is 0. The van der Waals surface area contributed by atoms with Gasteiger partial charge in [-0.05, 0) is 19.1 Å². The first-order chi connectivity index (χ1) is 8.08. The lowest BCUT2D eigenvalue weighted by atomic mass is 10.2. The zero-order chi connectivity index (χ0) is 12.4. The summed E-state index contributed by atoms with van der Waals surface area (Å²) in [6, 6.07) is 7.73. The van der Waals surface area contributed by atoms with Gasteiger partial charge >= 0.3 is 0 Å². The molecular weight excluding hydrogens is 214 g/mol. The molecule has 2 rings (SSSR count). The molecule has 0 aliphatic heterocycles. The fraction of sp³-hybridized carbons (Fsp3) is 0.385. The summed E-state index contributed by atoms with van der Waals surface area (Å²) in [4.78, 5) is 19.3. The molecule has 0 radical (unpaired) electrons. The first-order valence-electron chi connectivity index (χ1n) is 5.83. The van der Waals surface area contributed by atoms with E-state index in [0.717, 1.165) is 16.9 Å². The van der Waals surface area contributed by atoms with Crippen LogP contribution in [0.4, 0.5) is 0 Å². The Morgan fingerprint density at radius 1 is 1.29 bits per heavy atom. The molecule has 17 heavy (non-hydrogen) atoms. The minimum Gasteiger partial charge on any atom is -0.346 e. The van der Waals surface area contributed by atoms with Gasteiger partial charge in [-0.3, -0.25) is 4.79 Å². The maximum atomic E-state index is 11.6. The predicted molar refractivity (Wildman–Crippen MR) is 67.5 cm³/mol. The highest BCUT2D eigenvalue weighted by molar-refractivity contribution is 5.78. The van der Waals surface area contributed by atoms with E-state index < -0.39 is 0 Å². The third-order valence-corrected chi connectivity index (χ3v) is 2.70.